The van der Waals surface area contributed by atoms with Crippen molar-refractivity contribution in [3.8, 4) is 0 Å². The van der Waals surface area contributed by atoms with E-state index in [9.17, 15) is 0 Å². The zero-order valence-electron chi connectivity index (χ0n) is 10.4. The first-order valence-corrected chi connectivity index (χ1v) is 5.25. The molecule has 0 amide bonds. The summed E-state index contributed by atoms with van der Waals surface area (Å²) in [5.41, 5.74) is 0.630. The van der Waals surface area contributed by atoms with Crippen LogP contribution in [0.3, 0.4) is 0 Å². The fourth-order valence-corrected chi connectivity index (χ4v) is 1.04. The maximum absolute atomic E-state index is 6.81. The van der Waals surface area contributed by atoms with Gasteiger partial charge in [-0.25, -0.2) is 4.99 Å². The number of aliphatic imine (C=N–C) groups is 1. The van der Waals surface area contributed by atoms with E-state index in [0.717, 1.165) is 5.84 Å². The Morgan fingerprint density at radius 3 is 2.53 bits per heavy atom. The Hall–Kier alpha value is -2.16. The molecule has 90 valence electrons. The molecule has 0 rings (SSSR count). The van der Waals surface area contributed by atoms with Gasteiger partial charge >= 0.3 is 0 Å². The highest BCUT2D eigenvalue weighted by atomic mass is 15.1. The van der Waals surface area contributed by atoms with Crippen molar-refractivity contribution in [3.05, 3.63) is 61.5 Å². The molecule has 0 saturated carbocycles. The minimum Gasteiger partial charge on any atom is -0.336 e. The van der Waals surface area contributed by atoms with E-state index < -0.39 is 0 Å². The molecule has 0 unspecified atom stereocenters. The fourth-order valence-electron chi connectivity index (χ4n) is 1.04. The van der Waals surface area contributed by atoms with Gasteiger partial charge in [0.2, 0.25) is 0 Å². The van der Waals surface area contributed by atoms with Crippen LogP contribution in [0.2, 0.25) is 0 Å². The molecular weight excluding hydrogens is 210 g/mol. The van der Waals surface area contributed by atoms with E-state index in [0.29, 0.717) is 5.70 Å². The first-order chi connectivity index (χ1) is 8.15. The maximum Gasteiger partial charge on any atom is 0.132 e. The molecule has 3 nitrogen and oxygen atoms in total. The highest BCUT2D eigenvalue weighted by Crippen LogP contribution is 2.00. The van der Waals surface area contributed by atoms with Crippen LogP contribution in [-0.4, -0.2) is 24.0 Å². The van der Waals surface area contributed by atoms with Gasteiger partial charge in [-0.2, -0.15) is 0 Å². The van der Waals surface area contributed by atoms with Crippen molar-refractivity contribution in [2.45, 2.75) is 6.92 Å². The summed E-state index contributed by atoms with van der Waals surface area (Å²) in [7, 11) is 1.90. The quantitative estimate of drug-likeness (QED) is 0.423. The highest BCUT2D eigenvalue weighted by molar-refractivity contribution is 5.93. The van der Waals surface area contributed by atoms with E-state index in [4.69, 9.17) is 5.41 Å². The second-order valence-electron chi connectivity index (χ2n) is 3.17. The molecule has 3 heteroatoms. The molecular formula is C14H19N3. The molecule has 0 heterocycles. The van der Waals surface area contributed by atoms with E-state index in [1.165, 1.54) is 6.21 Å². The van der Waals surface area contributed by atoms with E-state index >= 15 is 0 Å². The third-order valence-corrected chi connectivity index (χ3v) is 1.78. The normalized spacial score (nSPS) is 12.5. The molecule has 0 atom stereocenters. The van der Waals surface area contributed by atoms with E-state index in [1.807, 2.05) is 31.1 Å². The molecule has 0 aromatic heterocycles. The smallest absolute Gasteiger partial charge is 0.132 e. The lowest BCUT2D eigenvalue weighted by molar-refractivity contribution is 0.690. The van der Waals surface area contributed by atoms with Crippen LogP contribution in [-0.2, 0) is 0 Å². The Labute approximate surface area is 103 Å². The van der Waals surface area contributed by atoms with Crippen molar-refractivity contribution < 1.29 is 0 Å². The van der Waals surface area contributed by atoms with E-state index in [-0.39, 0.29) is 0 Å². The van der Waals surface area contributed by atoms with Gasteiger partial charge in [-0.15, -0.1) is 0 Å². The Balaban J connectivity index is 4.67. The minimum atomic E-state index is 0.630. The van der Waals surface area contributed by atoms with Crippen LogP contribution >= 0.6 is 0 Å². The predicted molar refractivity (Wildman–Crippen MR) is 76.4 cm³/mol. The number of nitrogens with zero attached hydrogens (tertiary/aromatic N) is 2. The molecule has 0 aromatic carbocycles. The SMILES string of the molecule is C=CC(=NC(=C)/C=C/C=C\C=N)N(C)/C=C\C. The molecule has 0 aliphatic carbocycles. The van der Waals surface area contributed by atoms with Crippen LogP contribution in [0.25, 0.3) is 0 Å². The zero-order valence-corrected chi connectivity index (χ0v) is 10.4. The third-order valence-electron chi connectivity index (χ3n) is 1.78. The molecule has 0 spiro atoms. The van der Waals surface area contributed by atoms with Crippen LogP contribution in [0.1, 0.15) is 6.92 Å². The highest BCUT2D eigenvalue weighted by Gasteiger charge is 1.97. The van der Waals surface area contributed by atoms with Crippen molar-refractivity contribution in [3.63, 3.8) is 0 Å². The van der Waals surface area contributed by atoms with E-state index in [1.54, 1.807) is 30.4 Å². The summed E-state index contributed by atoms with van der Waals surface area (Å²) in [4.78, 5) is 6.17. The lowest BCUT2D eigenvalue weighted by Crippen LogP contribution is -2.18. The maximum atomic E-state index is 6.81. The van der Waals surface area contributed by atoms with Gasteiger partial charge in [0, 0.05) is 19.5 Å². The van der Waals surface area contributed by atoms with Gasteiger partial charge in [0.15, 0.2) is 0 Å². The average molecular weight is 229 g/mol. The Morgan fingerprint density at radius 1 is 1.29 bits per heavy atom. The van der Waals surface area contributed by atoms with Crippen molar-refractivity contribution in [2.75, 3.05) is 7.05 Å². The lowest BCUT2D eigenvalue weighted by Gasteiger charge is -2.13. The number of amidine groups is 1. The predicted octanol–water partition coefficient (Wildman–Crippen LogP) is 3.31. The standard InChI is InChI=1S/C14H19N3/c1-5-12-17(4)14(6-2)16-13(3)10-8-7-9-11-15/h5-12,15H,2-3H2,1,4H3/b9-7-,10-8+,12-5-,15-11?,16-14?. The van der Waals surface area contributed by atoms with Crippen molar-refractivity contribution >= 4 is 12.1 Å². The average Bonchev–Trinajstić information content (AvgIpc) is 2.32. The molecule has 0 aliphatic rings. The minimum absolute atomic E-state index is 0.630. The number of hydrogen-bond acceptors (Lipinski definition) is 2. The molecule has 0 aliphatic heterocycles. The summed E-state index contributed by atoms with van der Waals surface area (Å²) >= 11 is 0. The molecule has 0 radical (unpaired) electrons. The van der Waals surface area contributed by atoms with Crippen molar-refractivity contribution in [2.24, 2.45) is 4.99 Å². The van der Waals surface area contributed by atoms with Crippen LogP contribution in [0.4, 0.5) is 0 Å². The fraction of sp³-hybridized carbons (Fsp3) is 0.143. The van der Waals surface area contributed by atoms with Crippen LogP contribution in [0, 0.1) is 5.41 Å². The van der Waals surface area contributed by atoms with Gasteiger partial charge in [-0.3, -0.25) is 0 Å². The third kappa shape index (κ3) is 6.84. The summed E-state index contributed by atoms with van der Waals surface area (Å²) in [6.07, 6.45) is 13.6. The lowest BCUT2D eigenvalue weighted by atomic mass is 10.4. The van der Waals surface area contributed by atoms with Crippen LogP contribution < -0.4 is 0 Å². The monoisotopic (exact) mass is 229 g/mol. The number of likely N-dealkylation sites (N-methyl/N-ethyl adjacent to an activating group) is 1. The Kier molecular flexibility index (Phi) is 7.94. The van der Waals surface area contributed by atoms with Gasteiger partial charge in [0.05, 0.1) is 5.70 Å². The molecule has 0 aromatic rings. The summed E-state index contributed by atoms with van der Waals surface area (Å²) in [6.45, 7) is 9.47. The van der Waals surface area contributed by atoms with Crippen LogP contribution in [0.15, 0.2) is 66.5 Å². The van der Waals surface area contributed by atoms with Gasteiger partial charge in [-0.1, -0.05) is 31.4 Å². The largest absolute Gasteiger partial charge is 0.336 e. The Morgan fingerprint density at radius 2 is 2.00 bits per heavy atom. The summed E-state index contributed by atoms with van der Waals surface area (Å²) < 4.78 is 0. The van der Waals surface area contributed by atoms with Gasteiger partial charge in [-0.05, 0) is 25.2 Å². The number of nitrogens with one attached hydrogen (secondary N) is 1. The number of rotatable bonds is 6. The number of allylic oxidation sites excluding steroid dienone is 5. The Bertz CT molecular complexity index is 384. The second kappa shape index (κ2) is 9.09. The molecule has 0 bridgehead atoms. The first-order valence-electron chi connectivity index (χ1n) is 5.25. The molecule has 0 fully saturated rings. The van der Waals surface area contributed by atoms with Crippen molar-refractivity contribution in [1.82, 2.24) is 4.90 Å². The summed E-state index contributed by atoms with van der Waals surface area (Å²) in [5.74, 6) is 0.730. The van der Waals surface area contributed by atoms with Gasteiger partial charge in [0.1, 0.15) is 5.84 Å². The summed E-state index contributed by atoms with van der Waals surface area (Å²) in [6, 6.07) is 0. The molecule has 17 heavy (non-hydrogen) atoms. The van der Waals surface area contributed by atoms with Gasteiger partial charge in [0.25, 0.3) is 0 Å². The second-order valence-corrected chi connectivity index (χ2v) is 3.17. The van der Waals surface area contributed by atoms with Crippen molar-refractivity contribution in [1.29, 1.82) is 5.41 Å². The number of hydrogen-bond donors (Lipinski definition) is 1. The molecule has 0 saturated heterocycles. The zero-order chi connectivity index (χ0) is 13.1. The molecule has 1 N–H and O–H groups in total. The summed E-state index contributed by atoms with van der Waals surface area (Å²) in [5, 5.41) is 6.81. The first kappa shape index (κ1) is 14.8. The van der Waals surface area contributed by atoms with E-state index in [2.05, 4.69) is 18.2 Å². The van der Waals surface area contributed by atoms with Gasteiger partial charge < -0.3 is 10.3 Å². The topological polar surface area (TPSA) is 39.5 Å². The van der Waals surface area contributed by atoms with Crippen LogP contribution in [0.5, 0.6) is 0 Å².